The highest BCUT2D eigenvalue weighted by atomic mass is 15.0. The summed E-state index contributed by atoms with van der Waals surface area (Å²) in [4.78, 5) is 10.2. The van der Waals surface area contributed by atoms with Crippen LogP contribution in [-0.2, 0) is 5.41 Å². The van der Waals surface area contributed by atoms with Crippen molar-refractivity contribution >= 4 is 11.7 Å². The van der Waals surface area contributed by atoms with Crippen molar-refractivity contribution in [1.82, 2.24) is 0 Å². The molecule has 0 aliphatic heterocycles. The maximum Gasteiger partial charge on any atom is 0.157 e. The molecule has 0 radical (unpaired) electrons. The molecule has 0 heterocycles. The van der Waals surface area contributed by atoms with E-state index in [1.807, 2.05) is 24.3 Å². The number of aliphatic imine (C=N–C) groups is 2. The van der Waals surface area contributed by atoms with E-state index in [4.69, 9.17) is 15.7 Å². The monoisotopic (exact) mass is 641 g/mol. The van der Waals surface area contributed by atoms with E-state index in [1.165, 1.54) is 50.1 Å². The van der Waals surface area contributed by atoms with E-state index in [0.717, 1.165) is 22.3 Å². The first-order valence-electron chi connectivity index (χ1n) is 17.2. The third-order valence-electron chi connectivity index (χ3n) is 10.4. The predicted molar refractivity (Wildman–Crippen MR) is 207 cm³/mol. The van der Waals surface area contributed by atoms with Gasteiger partial charge >= 0.3 is 0 Å². The summed E-state index contributed by atoms with van der Waals surface area (Å²) in [5.41, 5.74) is 22.0. The molecule has 0 aromatic heterocycles. The largest absolute Gasteiger partial charge is 0.383 e. The molecule has 1 spiro atoms. The zero-order chi connectivity index (χ0) is 33.7. The number of benzene rings is 7. The second kappa shape index (κ2) is 12.0. The molecule has 2 aliphatic rings. The topological polar surface area (TPSA) is 50.7 Å². The molecule has 0 unspecified atom stereocenters. The lowest BCUT2D eigenvalue weighted by Crippen LogP contribution is -2.26. The molecule has 1 atom stereocenters. The van der Waals surface area contributed by atoms with E-state index < -0.39 is 0 Å². The van der Waals surface area contributed by atoms with Gasteiger partial charge in [-0.25, -0.2) is 4.99 Å². The molecule has 0 saturated carbocycles. The van der Waals surface area contributed by atoms with Crippen molar-refractivity contribution in [3.05, 3.63) is 215 Å². The highest BCUT2D eigenvalue weighted by molar-refractivity contribution is 6.12. The number of amidine groups is 2. The maximum absolute atomic E-state index is 6.95. The van der Waals surface area contributed by atoms with Gasteiger partial charge in [-0.2, -0.15) is 0 Å². The van der Waals surface area contributed by atoms with Crippen LogP contribution in [0.1, 0.15) is 51.9 Å². The van der Waals surface area contributed by atoms with Crippen molar-refractivity contribution in [3.63, 3.8) is 0 Å². The van der Waals surface area contributed by atoms with E-state index in [0.29, 0.717) is 11.7 Å². The normalized spacial score (nSPS) is 14.5. The van der Waals surface area contributed by atoms with Crippen LogP contribution in [0.4, 0.5) is 0 Å². The fourth-order valence-corrected chi connectivity index (χ4v) is 8.04. The third-order valence-corrected chi connectivity index (χ3v) is 10.4. The smallest absolute Gasteiger partial charge is 0.157 e. The molecule has 3 nitrogen and oxygen atoms in total. The Balaban J connectivity index is 1.17. The lowest BCUT2D eigenvalue weighted by molar-refractivity contribution is 0.793. The molecule has 9 rings (SSSR count). The number of nitrogens with zero attached hydrogens (tertiary/aromatic N) is 2. The van der Waals surface area contributed by atoms with Gasteiger partial charge in [-0.15, -0.1) is 0 Å². The van der Waals surface area contributed by atoms with Gasteiger partial charge in [-0.05, 0) is 74.2 Å². The van der Waals surface area contributed by atoms with Gasteiger partial charge in [0.15, 0.2) is 5.84 Å². The minimum absolute atomic E-state index is 0.106. The Morgan fingerprint density at radius 1 is 0.480 bits per heavy atom. The number of rotatable bonds is 5. The molecule has 0 fully saturated rings. The van der Waals surface area contributed by atoms with Gasteiger partial charge in [0, 0.05) is 11.1 Å². The zero-order valence-electron chi connectivity index (χ0n) is 27.8. The molecular weight excluding hydrogens is 607 g/mol. The molecule has 2 N–H and O–H groups in total. The minimum Gasteiger partial charge on any atom is -0.383 e. The van der Waals surface area contributed by atoms with E-state index in [2.05, 4.69) is 159 Å². The SMILES string of the molecule is C[C@@H](N=C(N=C(N)c1ccc2c(c1)-c1ccccc1C21c2ccccc2-c2ccccc21)c1ccc(-c2ccccc2)cc1)c1ccccc1. The first-order valence-corrected chi connectivity index (χ1v) is 17.2. The highest BCUT2D eigenvalue weighted by Crippen LogP contribution is 2.62. The van der Waals surface area contributed by atoms with Crippen LogP contribution < -0.4 is 5.73 Å². The summed E-state index contributed by atoms with van der Waals surface area (Å²) >= 11 is 0. The Hall–Kier alpha value is -6.32. The van der Waals surface area contributed by atoms with Crippen LogP contribution in [0, 0.1) is 0 Å². The molecule has 0 saturated heterocycles. The molecule has 3 heteroatoms. The summed E-state index contributed by atoms with van der Waals surface area (Å²) in [6.45, 7) is 2.10. The molecule has 0 bridgehead atoms. The van der Waals surface area contributed by atoms with Crippen LogP contribution in [0.25, 0.3) is 33.4 Å². The zero-order valence-corrected chi connectivity index (χ0v) is 27.8. The number of nitrogens with two attached hydrogens (primary N) is 1. The number of hydrogen-bond acceptors (Lipinski definition) is 1. The fraction of sp³-hybridized carbons (Fsp3) is 0.0638. The quantitative estimate of drug-likeness (QED) is 0.148. The average molecular weight is 642 g/mol. The molecule has 7 aromatic carbocycles. The summed E-state index contributed by atoms with van der Waals surface area (Å²) in [6.07, 6.45) is 0. The minimum atomic E-state index is -0.387. The summed E-state index contributed by atoms with van der Waals surface area (Å²) in [5.74, 6) is 1.04. The third kappa shape index (κ3) is 4.66. The van der Waals surface area contributed by atoms with E-state index >= 15 is 0 Å². The highest BCUT2D eigenvalue weighted by Gasteiger charge is 2.51. The van der Waals surface area contributed by atoms with Gasteiger partial charge in [0.05, 0.1) is 11.5 Å². The van der Waals surface area contributed by atoms with Gasteiger partial charge in [-0.3, -0.25) is 4.99 Å². The molecule has 238 valence electrons. The van der Waals surface area contributed by atoms with Crippen LogP contribution in [0.15, 0.2) is 186 Å². The van der Waals surface area contributed by atoms with Crippen molar-refractivity contribution < 1.29 is 0 Å². The van der Waals surface area contributed by atoms with Crippen molar-refractivity contribution in [3.8, 4) is 33.4 Å². The second-order valence-electron chi connectivity index (χ2n) is 13.1. The second-order valence-corrected chi connectivity index (χ2v) is 13.1. The van der Waals surface area contributed by atoms with E-state index in [-0.39, 0.29) is 11.5 Å². The Morgan fingerprint density at radius 3 is 1.54 bits per heavy atom. The molecule has 7 aromatic rings. The fourth-order valence-electron chi connectivity index (χ4n) is 8.04. The van der Waals surface area contributed by atoms with Crippen molar-refractivity contribution in [2.24, 2.45) is 15.7 Å². The molecule has 0 amide bonds. The van der Waals surface area contributed by atoms with Gasteiger partial charge in [0.2, 0.25) is 0 Å². The Bertz CT molecular complexity index is 2390. The molecule has 2 aliphatic carbocycles. The maximum atomic E-state index is 6.95. The molecular formula is C47H35N3. The summed E-state index contributed by atoms with van der Waals surface area (Å²) in [5, 5.41) is 0. The van der Waals surface area contributed by atoms with Gasteiger partial charge in [0.25, 0.3) is 0 Å². The molecule has 50 heavy (non-hydrogen) atoms. The Kier molecular flexibility index (Phi) is 7.14. The number of fused-ring (bicyclic) bond motifs is 10. The summed E-state index contributed by atoms with van der Waals surface area (Å²) in [6, 6.07) is 62.2. The summed E-state index contributed by atoms with van der Waals surface area (Å²) < 4.78 is 0. The van der Waals surface area contributed by atoms with Crippen molar-refractivity contribution in [2.75, 3.05) is 0 Å². The van der Waals surface area contributed by atoms with Gasteiger partial charge < -0.3 is 5.73 Å². The van der Waals surface area contributed by atoms with Crippen molar-refractivity contribution in [2.45, 2.75) is 18.4 Å². The average Bonchev–Trinajstić information content (AvgIpc) is 3.65. The van der Waals surface area contributed by atoms with Crippen LogP contribution in [0.3, 0.4) is 0 Å². The standard InChI is InChI=1S/C47H35N3/c1-31(32-14-4-2-5-15-32)49-46(35-26-24-34(25-27-35)33-16-6-3-7-17-33)50-45(48)36-28-29-44-40(30-36)39-20-10-13-23-43(39)47(44)41-21-11-8-18-37(41)38-19-9-12-22-42(38)47/h2-31H,1H3,(H2,48,49,50)/t31-/m1/s1. The van der Waals surface area contributed by atoms with Gasteiger partial charge in [-0.1, -0.05) is 170 Å². The van der Waals surface area contributed by atoms with Crippen LogP contribution in [0.5, 0.6) is 0 Å². The van der Waals surface area contributed by atoms with E-state index in [1.54, 1.807) is 0 Å². The van der Waals surface area contributed by atoms with Gasteiger partial charge in [0.1, 0.15) is 5.84 Å². The first-order chi connectivity index (χ1) is 24.6. The Labute approximate surface area is 293 Å². The number of hydrogen-bond donors (Lipinski definition) is 1. The first kappa shape index (κ1) is 29.8. The summed E-state index contributed by atoms with van der Waals surface area (Å²) in [7, 11) is 0. The predicted octanol–water partition coefficient (Wildman–Crippen LogP) is 10.6. The lowest BCUT2D eigenvalue weighted by Gasteiger charge is -2.30. The van der Waals surface area contributed by atoms with Crippen LogP contribution >= 0.6 is 0 Å². The van der Waals surface area contributed by atoms with Crippen LogP contribution in [0.2, 0.25) is 0 Å². The Morgan fingerprint density at radius 2 is 0.940 bits per heavy atom. The lowest BCUT2D eigenvalue weighted by atomic mass is 9.70. The van der Waals surface area contributed by atoms with Crippen LogP contribution in [-0.4, -0.2) is 11.7 Å². The van der Waals surface area contributed by atoms with E-state index in [9.17, 15) is 0 Å². The van der Waals surface area contributed by atoms with Crippen molar-refractivity contribution in [1.29, 1.82) is 0 Å².